The maximum atomic E-state index is 10.5. The van der Waals surface area contributed by atoms with E-state index in [9.17, 15) is 9.59 Å². The molecule has 0 radical (unpaired) electrons. The molecule has 0 amide bonds. The summed E-state index contributed by atoms with van der Waals surface area (Å²) in [6, 6.07) is 0. The summed E-state index contributed by atoms with van der Waals surface area (Å²) in [5.41, 5.74) is 0.403. The first-order valence-corrected chi connectivity index (χ1v) is 4.23. The third kappa shape index (κ3) is 13.3. The molecule has 0 aliphatic carbocycles. The van der Waals surface area contributed by atoms with Crippen molar-refractivity contribution in [3.05, 3.63) is 24.8 Å². The summed E-state index contributed by atoms with van der Waals surface area (Å²) < 4.78 is 4.58. The van der Waals surface area contributed by atoms with E-state index in [1.165, 1.54) is 0 Å². The Kier molecular flexibility index (Phi) is 10.6. The molecule has 0 aromatic rings. The number of carbonyl (C=O) groups excluding carboxylic acids is 1. The fourth-order valence-corrected chi connectivity index (χ4v) is 0.332. The normalized spacial score (nSPS) is 7.86. The number of halogens is 1. The molecule has 14 heavy (non-hydrogen) atoms. The summed E-state index contributed by atoms with van der Waals surface area (Å²) in [6.07, 6.45) is 0.833. The molecular formula is C9H13ClO4. The fourth-order valence-electron chi connectivity index (χ4n) is 0.254. The second-order valence-corrected chi connectivity index (χ2v) is 2.53. The van der Waals surface area contributed by atoms with Gasteiger partial charge in [-0.05, 0) is 6.92 Å². The molecule has 0 heterocycles. The minimum absolute atomic E-state index is 0.257. The van der Waals surface area contributed by atoms with Crippen molar-refractivity contribution in [1.82, 2.24) is 0 Å². The average molecular weight is 221 g/mol. The maximum Gasteiger partial charge on any atom is 0.333 e. The molecule has 0 aromatic heterocycles. The predicted molar refractivity (Wildman–Crippen MR) is 54.3 cm³/mol. The molecule has 0 aromatic carbocycles. The van der Waals surface area contributed by atoms with E-state index < -0.39 is 5.97 Å². The van der Waals surface area contributed by atoms with Crippen molar-refractivity contribution in [2.45, 2.75) is 6.92 Å². The van der Waals surface area contributed by atoms with E-state index in [0.717, 1.165) is 6.08 Å². The highest BCUT2D eigenvalue weighted by Gasteiger charge is 1.99. The summed E-state index contributed by atoms with van der Waals surface area (Å²) in [4.78, 5) is 19.8. The lowest BCUT2D eigenvalue weighted by Crippen LogP contribution is -2.06. The number of alkyl halides is 1. The van der Waals surface area contributed by atoms with Crippen LogP contribution in [0.3, 0.4) is 0 Å². The number of carboxylic acids is 1. The molecule has 0 aliphatic heterocycles. The third-order valence-corrected chi connectivity index (χ3v) is 0.988. The molecule has 0 rings (SSSR count). The lowest BCUT2D eigenvalue weighted by molar-refractivity contribution is -0.138. The van der Waals surface area contributed by atoms with E-state index in [-0.39, 0.29) is 12.6 Å². The van der Waals surface area contributed by atoms with Gasteiger partial charge < -0.3 is 9.84 Å². The van der Waals surface area contributed by atoms with Gasteiger partial charge in [-0.1, -0.05) is 13.2 Å². The summed E-state index contributed by atoms with van der Waals surface area (Å²) in [6.45, 7) is 8.20. The first-order chi connectivity index (χ1) is 6.45. The van der Waals surface area contributed by atoms with Crippen LogP contribution in [-0.4, -0.2) is 29.5 Å². The van der Waals surface area contributed by atoms with Crippen LogP contribution in [0.5, 0.6) is 0 Å². The number of hydrogen-bond acceptors (Lipinski definition) is 3. The van der Waals surface area contributed by atoms with Crippen LogP contribution >= 0.6 is 11.6 Å². The van der Waals surface area contributed by atoms with Gasteiger partial charge in [0, 0.05) is 11.6 Å². The Morgan fingerprint density at radius 2 is 2.00 bits per heavy atom. The lowest BCUT2D eigenvalue weighted by atomic mass is 10.4. The molecule has 0 saturated carbocycles. The van der Waals surface area contributed by atoms with Crippen molar-refractivity contribution >= 4 is 23.5 Å². The van der Waals surface area contributed by atoms with Crippen LogP contribution < -0.4 is 0 Å². The average Bonchev–Trinajstić information content (AvgIpc) is 2.14. The van der Waals surface area contributed by atoms with E-state index in [1.54, 1.807) is 6.92 Å². The second-order valence-electron chi connectivity index (χ2n) is 2.15. The number of carboxylic acid groups (broad SMARTS) is 1. The Balaban J connectivity index is 0. The lowest BCUT2D eigenvalue weighted by Gasteiger charge is -1.98. The second kappa shape index (κ2) is 9.80. The van der Waals surface area contributed by atoms with Crippen LogP contribution in [0.15, 0.2) is 24.8 Å². The molecule has 0 aliphatic rings. The van der Waals surface area contributed by atoms with Gasteiger partial charge in [0.2, 0.25) is 0 Å². The number of hydrogen-bond donors (Lipinski definition) is 1. The highest BCUT2D eigenvalue weighted by atomic mass is 35.5. The van der Waals surface area contributed by atoms with Gasteiger partial charge in [0.1, 0.15) is 6.61 Å². The molecule has 5 heteroatoms. The van der Waals surface area contributed by atoms with E-state index >= 15 is 0 Å². The van der Waals surface area contributed by atoms with E-state index in [0.29, 0.717) is 11.5 Å². The standard InChI is InChI=1S/C6H9ClO2.C3H4O2/c1-5(2)6(8)9-4-3-7;1-2-3(4)5/h1,3-4H2,2H3;2H,1H2,(H,4,5). The van der Waals surface area contributed by atoms with Crippen molar-refractivity contribution in [3.63, 3.8) is 0 Å². The van der Waals surface area contributed by atoms with E-state index in [4.69, 9.17) is 16.7 Å². The fraction of sp³-hybridized carbons (Fsp3) is 0.333. The van der Waals surface area contributed by atoms with Crippen LogP contribution in [-0.2, 0) is 14.3 Å². The number of ether oxygens (including phenoxy) is 1. The summed E-state index contributed by atoms with van der Waals surface area (Å²) in [5, 5.41) is 7.60. The molecule has 80 valence electrons. The van der Waals surface area contributed by atoms with E-state index in [2.05, 4.69) is 17.9 Å². The van der Waals surface area contributed by atoms with Crippen molar-refractivity contribution in [3.8, 4) is 0 Å². The van der Waals surface area contributed by atoms with Gasteiger partial charge in [-0.3, -0.25) is 0 Å². The first kappa shape index (κ1) is 15.2. The Morgan fingerprint density at radius 1 is 1.57 bits per heavy atom. The monoisotopic (exact) mass is 220 g/mol. The molecule has 0 unspecified atom stereocenters. The van der Waals surface area contributed by atoms with Crippen molar-refractivity contribution in [2.75, 3.05) is 12.5 Å². The molecule has 0 bridgehead atoms. The summed E-state index contributed by atoms with van der Waals surface area (Å²) in [7, 11) is 0. The molecule has 0 fully saturated rings. The van der Waals surface area contributed by atoms with E-state index in [1.807, 2.05) is 0 Å². The van der Waals surface area contributed by atoms with Crippen molar-refractivity contribution < 1.29 is 19.4 Å². The zero-order chi connectivity index (χ0) is 11.6. The Morgan fingerprint density at radius 3 is 2.21 bits per heavy atom. The molecule has 0 saturated heterocycles. The van der Waals surface area contributed by atoms with Crippen molar-refractivity contribution in [1.29, 1.82) is 0 Å². The smallest absolute Gasteiger partial charge is 0.333 e. The Hall–Kier alpha value is -1.29. The van der Waals surface area contributed by atoms with Gasteiger partial charge in [-0.2, -0.15) is 0 Å². The van der Waals surface area contributed by atoms with Crippen LogP contribution in [0.25, 0.3) is 0 Å². The number of carbonyl (C=O) groups is 2. The van der Waals surface area contributed by atoms with Gasteiger partial charge in [-0.25, -0.2) is 9.59 Å². The molecule has 0 atom stereocenters. The first-order valence-electron chi connectivity index (χ1n) is 3.69. The quantitative estimate of drug-likeness (QED) is 0.444. The highest BCUT2D eigenvalue weighted by molar-refractivity contribution is 6.18. The van der Waals surface area contributed by atoms with Crippen LogP contribution in [0, 0.1) is 0 Å². The predicted octanol–water partition coefficient (Wildman–Crippen LogP) is 1.60. The van der Waals surface area contributed by atoms with Crippen LogP contribution in [0.1, 0.15) is 6.92 Å². The van der Waals surface area contributed by atoms with Crippen LogP contribution in [0.2, 0.25) is 0 Å². The number of rotatable bonds is 4. The Bertz CT molecular complexity index is 223. The topological polar surface area (TPSA) is 63.6 Å². The Labute approximate surface area is 87.8 Å². The zero-order valence-corrected chi connectivity index (χ0v) is 8.71. The zero-order valence-electron chi connectivity index (χ0n) is 7.96. The van der Waals surface area contributed by atoms with Gasteiger partial charge >= 0.3 is 11.9 Å². The minimum Gasteiger partial charge on any atom is -0.478 e. The molecular weight excluding hydrogens is 208 g/mol. The highest BCUT2D eigenvalue weighted by Crippen LogP contribution is 1.91. The third-order valence-electron chi connectivity index (χ3n) is 0.833. The largest absolute Gasteiger partial charge is 0.478 e. The number of aliphatic carboxylic acids is 1. The molecule has 4 nitrogen and oxygen atoms in total. The number of esters is 1. The van der Waals surface area contributed by atoms with Crippen LogP contribution in [0.4, 0.5) is 0 Å². The SMILES string of the molecule is C=C(C)C(=O)OCCCl.C=CC(=O)O. The van der Waals surface area contributed by atoms with Gasteiger partial charge in [0.25, 0.3) is 0 Å². The minimum atomic E-state index is -0.981. The summed E-state index contributed by atoms with van der Waals surface area (Å²) in [5.74, 6) is -1.03. The van der Waals surface area contributed by atoms with Crippen molar-refractivity contribution in [2.24, 2.45) is 0 Å². The van der Waals surface area contributed by atoms with Gasteiger partial charge in [-0.15, -0.1) is 11.6 Å². The maximum absolute atomic E-state index is 10.5. The molecule has 0 spiro atoms. The van der Waals surface area contributed by atoms with Gasteiger partial charge in [0.05, 0.1) is 5.88 Å². The summed E-state index contributed by atoms with van der Waals surface area (Å²) >= 11 is 5.24. The molecule has 1 N–H and O–H groups in total. The van der Waals surface area contributed by atoms with Gasteiger partial charge in [0.15, 0.2) is 0 Å².